The summed E-state index contributed by atoms with van der Waals surface area (Å²) in [6, 6.07) is 6.38. The van der Waals surface area contributed by atoms with Gasteiger partial charge in [-0.05, 0) is 43.7 Å². The lowest BCUT2D eigenvalue weighted by Gasteiger charge is -2.26. The van der Waals surface area contributed by atoms with Crippen LogP contribution in [0.2, 0.25) is 0 Å². The third-order valence-corrected chi connectivity index (χ3v) is 5.70. The number of rotatable bonds is 9. The van der Waals surface area contributed by atoms with Gasteiger partial charge < -0.3 is 4.18 Å². The standard InChI is InChI=1S/C20H29FO2S/c1-2-3-4-5-6-9-16-12-14-17(15-13-16)20(22)23-24-19-11-8-7-10-18(19)21/h7-8,10-11,16-17H,2-6,9,12-15H2,1H3. The van der Waals surface area contributed by atoms with Crippen LogP contribution in [0, 0.1) is 17.7 Å². The van der Waals surface area contributed by atoms with Crippen LogP contribution in [0.4, 0.5) is 4.39 Å². The lowest BCUT2D eigenvalue weighted by atomic mass is 9.80. The summed E-state index contributed by atoms with van der Waals surface area (Å²) >= 11 is 0.847. The maximum absolute atomic E-state index is 13.5. The van der Waals surface area contributed by atoms with Crippen LogP contribution >= 0.6 is 12.0 Å². The molecule has 4 heteroatoms. The Morgan fingerprint density at radius 2 is 1.83 bits per heavy atom. The third-order valence-electron chi connectivity index (χ3n) is 4.95. The van der Waals surface area contributed by atoms with Gasteiger partial charge in [-0.3, -0.25) is 4.79 Å². The summed E-state index contributed by atoms with van der Waals surface area (Å²) in [6.07, 6.45) is 12.0. The van der Waals surface area contributed by atoms with E-state index >= 15 is 0 Å². The second-order valence-corrected chi connectivity index (χ2v) is 7.61. The fourth-order valence-corrected chi connectivity index (χ4v) is 3.98. The lowest BCUT2D eigenvalue weighted by molar-refractivity contribution is -0.138. The maximum atomic E-state index is 13.5. The Balaban J connectivity index is 1.63. The van der Waals surface area contributed by atoms with Gasteiger partial charge in [-0.1, -0.05) is 57.6 Å². The molecule has 0 N–H and O–H groups in total. The number of benzene rings is 1. The lowest BCUT2D eigenvalue weighted by Crippen LogP contribution is -2.22. The molecule has 2 rings (SSSR count). The van der Waals surface area contributed by atoms with Gasteiger partial charge in [-0.2, -0.15) is 0 Å². The van der Waals surface area contributed by atoms with Crippen LogP contribution in [-0.2, 0) is 8.98 Å². The van der Waals surface area contributed by atoms with E-state index in [0.29, 0.717) is 4.90 Å². The molecule has 0 aliphatic heterocycles. The van der Waals surface area contributed by atoms with Crippen molar-refractivity contribution in [3.63, 3.8) is 0 Å². The Morgan fingerprint density at radius 3 is 2.54 bits per heavy atom. The van der Waals surface area contributed by atoms with E-state index in [-0.39, 0.29) is 17.7 Å². The van der Waals surface area contributed by atoms with E-state index in [9.17, 15) is 9.18 Å². The first-order valence-electron chi connectivity index (χ1n) is 9.33. The van der Waals surface area contributed by atoms with E-state index in [1.807, 2.05) is 0 Å². The van der Waals surface area contributed by atoms with Gasteiger partial charge in [0.05, 0.1) is 22.9 Å². The molecule has 134 valence electrons. The van der Waals surface area contributed by atoms with Gasteiger partial charge in [0.15, 0.2) is 0 Å². The summed E-state index contributed by atoms with van der Waals surface area (Å²) in [7, 11) is 0. The number of carbonyl (C=O) groups excluding carboxylic acids is 1. The van der Waals surface area contributed by atoms with Crippen LogP contribution in [0.3, 0.4) is 0 Å². The number of hydrogen-bond donors (Lipinski definition) is 0. The molecule has 1 saturated carbocycles. The molecule has 0 atom stereocenters. The highest BCUT2D eigenvalue weighted by Crippen LogP contribution is 2.34. The highest BCUT2D eigenvalue weighted by Gasteiger charge is 2.27. The summed E-state index contributed by atoms with van der Waals surface area (Å²) in [4.78, 5) is 12.5. The number of unbranched alkanes of at least 4 members (excludes halogenated alkanes) is 4. The minimum atomic E-state index is -0.345. The van der Waals surface area contributed by atoms with Crippen LogP contribution in [0.25, 0.3) is 0 Å². The van der Waals surface area contributed by atoms with E-state index < -0.39 is 0 Å². The fourth-order valence-electron chi connectivity index (χ4n) is 3.39. The maximum Gasteiger partial charge on any atom is 0.321 e. The van der Waals surface area contributed by atoms with Crippen molar-refractivity contribution in [1.29, 1.82) is 0 Å². The summed E-state index contributed by atoms with van der Waals surface area (Å²) < 4.78 is 18.8. The Labute approximate surface area is 149 Å². The minimum absolute atomic E-state index is 0.0133. The highest BCUT2D eigenvalue weighted by molar-refractivity contribution is 7.95. The zero-order valence-corrected chi connectivity index (χ0v) is 15.5. The van der Waals surface area contributed by atoms with Gasteiger partial charge in [-0.25, -0.2) is 4.39 Å². The molecule has 1 aliphatic rings. The molecular weight excluding hydrogens is 323 g/mol. The Kier molecular flexibility index (Phi) is 8.65. The van der Waals surface area contributed by atoms with Crippen molar-refractivity contribution >= 4 is 18.0 Å². The van der Waals surface area contributed by atoms with Gasteiger partial charge in [0, 0.05) is 0 Å². The predicted molar refractivity (Wildman–Crippen MR) is 97.2 cm³/mol. The Morgan fingerprint density at radius 1 is 1.12 bits per heavy atom. The average molecular weight is 353 g/mol. The molecule has 0 radical (unpaired) electrons. The van der Waals surface area contributed by atoms with Gasteiger partial charge in [0.1, 0.15) is 5.82 Å². The van der Waals surface area contributed by atoms with Crippen molar-refractivity contribution < 1.29 is 13.4 Å². The first kappa shape index (κ1) is 19.3. The normalized spacial score (nSPS) is 20.8. The zero-order chi connectivity index (χ0) is 17.2. The molecule has 0 aromatic heterocycles. The van der Waals surface area contributed by atoms with Crippen molar-refractivity contribution in [1.82, 2.24) is 0 Å². The van der Waals surface area contributed by atoms with Crippen LogP contribution < -0.4 is 0 Å². The SMILES string of the molecule is CCCCCCCC1CCC(C(=O)OSc2ccccc2F)CC1. The second-order valence-electron chi connectivity index (χ2n) is 6.84. The van der Waals surface area contributed by atoms with E-state index in [1.165, 1.54) is 44.6 Å². The molecule has 0 amide bonds. The van der Waals surface area contributed by atoms with Crippen molar-refractivity contribution in [2.75, 3.05) is 0 Å². The van der Waals surface area contributed by atoms with Gasteiger partial charge in [-0.15, -0.1) is 0 Å². The molecule has 1 aromatic rings. The number of halogens is 1. The number of carbonyl (C=O) groups is 1. The molecule has 0 bridgehead atoms. The first-order chi connectivity index (χ1) is 11.7. The molecule has 0 unspecified atom stereocenters. The molecule has 1 aromatic carbocycles. The molecule has 24 heavy (non-hydrogen) atoms. The molecule has 0 saturated heterocycles. The van der Waals surface area contributed by atoms with Crippen LogP contribution in [0.15, 0.2) is 29.2 Å². The van der Waals surface area contributed by atoms with E-state index in [4.69, 9.17) is 4.18 Å². The van der Waals surface area contributed by atoms with E-state index in [0.717, 1.165) is 43.6 Å². The third kappa shape index (κ3) is 6.46. The minimum Gasteiger partial charge on any atom is -0.386 e. The van der Waals surface area contributed by atoms with Crippen LogP contribution in [0.5, 0.6) is 0 Å². The van der Waals surface area contributed by atoms with Gasteiger partial charge >= 0.3 is 5.97 Å². The zero-order valence-electron chi connectivity index (χ0n) is 14.6. The molecule has 1 fully saturated rings. The van der Waals surface area contributed by atoms with Crippen molar-refractivity contribution in [2.24, 2.45) is 11.8 Å². The summed E-state index contributed by atoms with van der Waals surface area (Å²) in [6.45, 7) is 2.24. The Hall–Kier alpha value is -1.03. The molecular formula is C20H29FO2S. The molecule has 1 aliphatic carbocycles. The molecule has 0 heterocycles. The first-order valence-corrected chi connectivity index (χ1v) is 10.1. The number of hydrogen-bond acceptors (Lipinski definition) is 3. The molecule has 0 spiro atoms. The molecule has 2 nitrogen and oxygen atoms in total. The fraction of sp³-hybridized carbons (Fsp3) is 0.650. The Bertz CT molecular complexity index is 498. The van der Waals surface area contributed by atoms with Gasteiger partial charge in [0.25, 0.3) is 0 Å². The smallest absolute Gasteiger partial charge is 0.321 e. The quantitative estimate of drug-likeness (QED) is 0.373. The topological polar surface area (TPSA) is 26.3 Å². The second kappa shape index (κ2) is 10.8. The largest absolute Gasteiger partial charge is 0.386 e. The highest BCUT2D eigenvalue weighted by atomic mass is 32.2. The summed E-state index contributed by atoms with van der Waals surface area (Å²) in [5.41, 5.74) is 0. The average Bonchev–Trinajstić information content (AvgIpc) is 2.61. The van der Waals surface area contributed by atoms with Crippen molar-refractivity contribution in [3.05, 3.63) is 30.1 Å². The summed E-state index contributed by atoms with van der Waals surface area (Å²) in [5.74, 6) is 0.224. The van der Waals surface area contributed by atoms with Crippen molar-refractivity contribution in [3.8, 4) is 0 Å². The van der Waals surface area contributed by atoms with Gasteiger partial charge in [0.2, 0.25) is 0 Å². The predicted octanol–water partition coefficient (Wildman–Crippen LogP) is 6.54. The van der Waals surface area contributed by atoms with Crippen molar-refractivity contribution in [2.45, 2.75) is 76.0 Å². The summed E-state index contributed by atoms with van der Waals surface area (Å²) in [5, 5.41) is 0. The van der Waals surface area contributed by atoms with E-state index in [1.54, 1.807) is 18.2 Å². The monoisotopic (exact) mass is 352 g/mol. The van der Waals surface area contributed by atoms with Crippen LogP contribution in [-0.4, -0.2) is 5.97 Å². The van der Waals surface area contributed by atoms with E-state index in [2.05, 4.69) is 6.92 Å². The van der Waals surface area contributed by atoms with Crippen LogP contribution in [0.1, 0.15) is 71.1 Å².